The van der Waals surface area contributed by atoms with Crippen LogP contribution in [0.4, 0.5) is 0 Å². The van der Waals surface area contributed by atoms with Crippen molar-refractivity contribution in [1.29, 1.82) is 0 Å². The van der Waals surface area contributed by atoms with Crippen molar-refractivity contribution in [2.75, 3.05) is 13.7 Å². The van der Waals surface area contributed by atoms with Gasteiger partial charge in [0.25, 0.3) is 0 Å². The summed E-state index contributed by atoms with van der Waals surface area (Å²) in [6, 6.07) is 70.6. The molecule has 3 heterocycles. The van der Waals surface area contributed by atoms with Gasteiger partial charge >= 0.3 is 0 Å². The molecular weight excluding hydrogens is 971 g/mol. The fraction of sp³-hybridized carbons (Fsp3) is 0.312. The molecule has 2 fully saturated rings. The van der Waals surface area contributed by atoms with E-state index < -0.39 is 61.2 Å². The van der Waals surface area contributed by atoms with Crippen molar-refractivity contribution in [2.24, 2.45) is 0 Å². The Bertz CT molecular complexity index is 2890. The number of methoxy groups -OCH3 is 1. The normalized spacial score (nSPS) is 23.4. The van der Waals surface area contributed by atoms with E-state index in [9.17, 15) is 0 Å². The van der Waals surface area contributed by atoms with E-state index in [4.69, 9.17) is 52.6 Å². The second-order valence-corrected chi connectivity index (χ2v) is 19.3. The number of aromatic nitrogens is 3. The molecular formula is C64H67N3O10. The topological polar surface area (TPSA) is 123 Å². The fourth-order valence-corrected chi connectivity index (χ4v) is 9.91. The van der Waals surface area contributed by atoms with Crippen molar-refractivity contribution < 1.29 is 47.4 Å². The van der Waals surface area contributed by atoms with Crippen molar-refractivity contribution in [3.05, 3.63) is 263 Å². The molecule has 13 heteroatoms. The summed E-state index contributed by atoms with van der Waals surface area (Å²) < 4.78 is 70.9. The second-order valence-electron chi connectivity index (χ2n) is 19.3. The zero-order chi connectivity index (χ0) is 52.3. The van der Waals surface area contributed by atoms with Gasteiger partial charge < -0.3 is 47.4 Å². The predicted octanol–water partition coefficient (Wildman–Crippen LogP) is 10.8. The molecule has 0 saturated carbocycles. The van der Waals surface area contributed by atoms with Crippen molar-refractivity contribution in [3.8, 4) is 0 Å². The van der Waals surface area contributed by atoms with Crippen LogP contribution in [0.5, 0.6) is 0 Å². The zero-order valence-electron chi connectivity index (χ0n) is 43.3. The van der Waals surface area contributed by atoms with Gasteiger partial charge in [-0.1, -0.05) is 218 Å². The number of ether oxygens (including phenoxy) is 10. The highest BCUT2D eigenvalue weighted by atomic mass is 16.7. The minimum atomic E-state index is -0.856. The molecule has 0 spiro atoms. The summed E-state index contributed by atoms with van der Waals surface area (Å²) in [5, 5.41) is 9.35. The molecule has 10 rings (SSSR count). The minimum absolute atomic E-state index is 0.162. The Morgan fingerprint density at radius 2 is 0.714 bits per heavy atom. The maximum Gasteiger partial charge on any atom is 0.186 e. The van der Waals surface area contributed by atoms with Gasteiger partial charge in [0.15, 0.2) is 6.29 Å². The van der Waals surface area contributed by atoms with Gasteiger partial charge in [0.05, 0.1) is 71.3 Å². The van der Waals surface area contributed by atoms with Gasteiger partial charge in [0.2, 0.25) is 0 Å². The summed E-state index contributed by atoms with van der Waals surface area (Å²) in [7, 11) is 1.62. The van der Waals surface area contributed by atoms with Gasteiger partial charge in [0.1, 0.15) is 54.9 Å². The second kappa shape index (κ2) is 28.1. The number of rotatable bonds is 26. The van der Waals surface area contributed by atoms with Crippen molar-refractivity contribution in [1.82, 2.24) is 15.0 Å². The lowest BCUT2D eigenvalue weighted by Gasteiger charge is -2.47. The van der Waals surface area contributed by atoms with Crippen LogP contribution < -0.4 is 0 Å². The van der Waals surface area contributed by atoms with E-state index in [2.05, 4.69) is 17.2 Å². The summed E-state index contributed by atoms with van der Waals surface area (Å²) in [5.74, 6) is 0. The highest BCUT2D eigenvalue weighted by molar-refractivity contribution is 5.20. The molecule has 7 aromatic carbocycles. The minimum Gasteiger partial charge on any atom is -0.374 e. The first-order valence-electron chi connectivity index (χ1n) is 26.4. The monoisotopic (exact) mass is 1040 g/mol. The summed E-state index contributed by atoms with van der Waals surface area (Å²) in [6.45, 7) is 2.44. The van der Waals surface area contributed by atoms with Crippen molar-refractivity contribution >= 4 is 0 Å². The Hall–Kier alpha value is -6.72. The molecule has 398 valence electrons. The van der Waals surface area contributed by atoms with Gasteiger partial charge in [0, 0.05) is 7.11 Å². The number of nitrogens with zero attached hydrogens (tertiary/aromatic N) is 3. The lowest BCUT2D eigenvalue weighted by atomic mass is 9.92. The van der Waals surface area contributed by atoms with Gasteiger partial charge in [-0.15, -0.1) is 5.10 Å². The van der Waals surface area contributed by atoms with Crippen LogP contribution in [-0.2, 0) is 100 Å². The fourth-order valence-electron chi connectivity index (χ4n) is 9.91. The lowest BCUT2D eigenvalue weighted by molar-refractivity contribution is -0.320. The van der Waals surface area contributed by atoms with Gasteiger partial charge in [-0.3, -0.25) is 0 Å². The summed E-state index contributed by atoms with van der Waals surface area (Å²) >= 11 is 0. The molecule has 0 aliphatic carbocycles. The van der Waals surface area contributed by atoms with Crippen LogP contribution in [-0.4, -0.2) is 83.8 Å². The molecule has 0 amide bonds. The SMILES string of the molecule is CO[C@H]1O[C@H](Cn2nncc2[C@@H]2O[C@H](COCc3ccccc3)[C@H](OCc3ccccc3)[C@H](OCc3ccccc3)[C@H]2OCc2ccccc2)[C@@H](OCc2ccccc2)[C@H](OCc2ccccc2)[C@H]1OCc1ccccc1. The average Bonchev–Trinajstić information content (AvgIpc) is 4.00. The first-order chi connectivity index (χ1) is 38.1. The van der Waals surface area contributed by atoms with Crippen LogP contribution in [0, 0.1) is 0 Å². The van der Waals surface area contributed by atoms with Crippen LogP contribution in [0.1, 0.15) is 50.7 Å². The third kappa shape index (κ3) is 14.9. The van der Waals surface area contributed by atoms with Gasteiger partial charge in [-0.2, -0.15) is 0 Å². The van der Waals surface area contributed by atoms with E-state index in [1.807, 2.05) is 205 Å². The molecule has 0 radical (unpaired) electrons. The molecule has 0 N–H and O–H groups in total. The van der Waals surface area contributed by atoms with Gasteiger partial charge in [-0.25, -0.2) is 4.68 Å². The summed E-state index contributed by atoms with van der Waals surface area (Å²) in [5.41, 5.74) is 7.66. The maximum atomic E-state index is 7.36. The molecule has 0 unspecified atom stereocenters. The molecule has 2 saturated heterocycles. The molecule has 1 aromatic heterocycles. The van der Waals surface area contributed by atoms with E-state index in [0.717, 1.165) is 38.9 Å². The van der Waals surface area contributed by atoms with E-state index in [1.54, 1.807) is 13.3 Å². The average molecular weight is 1040 g/mol. The van der Waals surface area contributed by atoms with Crippen molar-refractivity contribution in [2.45, 2.75) is 114 Å². The Balaban J connectivity index is 1.02. The largest absolute Gasteiger partial charge is 0.374 e. The third-order valence-electron chi connectivity index (χ3n) is 13.9. The van der Waals surface area contributed by atoms with Crippen LogP contribution in [0.15, 0.2) is 219 Å². The van der Waals surface area contributed by atoms with E-state index in [-0.39, 0.29) is 33.0 Å². The smallest absolute Gasteiger partial charge is 0.186 e. The highest BCUT2D eigenvalue weighted by Crippen LogP contribution is 2.40. The van der Waals surface area contributed by atoms with Crippen LogP contribution >= 0.6 is 0 Å². The Kier molecular flexibility index (Phi) is 19.6. The van der Waals surface area contributed by atoms with Crippen LogP contribution in [0.25, 0.3) is 0 Å². The molecule has 8 aromatic rings. The molecule has 10 atom stereocenters. The van der Waals surface area contributed by atoms with Crippen molar-refractivity contribution in [3.63, 3.8) is 0 Å². The first-order valence-corrected chi connectivity index (χ1v) is 26.4. The summed E-state index contributed by atoms with van der Waals surface area (Å²) in [6.07, 6.45) is -5.40. The van der Waals surface area contributed by atoms with Crippen LogP contribution in [0.2, 0.25) is 0 Å². The highest BCUT2D eigenvalue weighted by Gasteiger charge is 2.52. The Morgan fingerprint density at radius 3 is 1.12 bits per heavy atom. The first kappa shape index (κ1) is 53.7. The van der Waals surface area contributed by atoms with E-state index >= 15 is 0 Å². The predicted molar refractivity (Wildman–Crippen MR) is 290 cm³/mol. The Labute approximate surface area is 451 Å². The van der Waals surface area contributed by atoms with E-state index in [1.165, 1.54) is 0 Å². The van der Waals surface area contributed by atoms with E-state index in [0.29, 0.717) is 32.1 Å². The molecule has 13 nitrogen and oxygen atoms in total. The molecule has 2 aliphatic heterocycles. The van der Waals surface area contributed by atoms with Gasteiger partial charge in [-0.05, 0) is 38.9 Å². The lowest BCUT2D eigenvalue weighted by Crippen LogP contribution is -2.61. The quantitative estimate of drug-likeness (QED) is 0.0513. The zero-order valence-corrected chi connectivity index (χ0v) is 43.3. The molecule has 2 aliphatic rings. The third-order valence-corrected chi connectivity index (χ3v) is 13.9. The number of hydrogen-bond donors (Lipinski definition) is 0. The number of benzene rings is 7. The number of hydrogen-bond acceptors (Lipinski definition) is 12. The maximum absolute atomic E-state index is 7.36. The Morgan fingerprint density at radius 1 is 0.377 bits per heavy atom. The standard InChI is InChI=1S/C64H67N3O10/c1-68-64-63(75-45-53-35-21-8-22-36-53)62(74-44-52-33-19-7-20-34-52)58(70-40-48-25-11-3-12-26-48)55(77-64)38-67-54(37-65-66-67)57-60(72-42-50-29-15-5-16-30-50)61(73-43-51-31-17-6-18-32-51)59(71-41-49-27-13-4-14-28-49)56(76-57)46-69-39-47-23-9-2-10-24-47/h2-37,55-64H,38-46H2,1H3/t55-,56-,57+,58-,59+,60+,61+,62+,63-,64+/m1/s1. The summed E-state index contributed by atoms with van der Waals surface area (Å²) in [4.78, 5) is 0. The van der Waals surface area contributed by atoms with Crippen LogP contribution in [0.3, 0.4) is 0 Å². The molecule has 0 bridgehead atoms. The molecule has 77 heavy (non-hydrogen) atoms.